The minimum absolute atomic E-state index is 0.0884. The number of nitrogens with one attached hydrogen (secondary N) is 2. The van der Waals surface area contributed by atoms with E-state index in [1.165, 1.54) is 12.1 Å². The van der Waals surface area contributed by atoms with Gasteiger partial charge in [-0.3, -0.25) is 9.89 Å². The first kappa shape index (κ1) is 18.5. The standard InChI is InChI=1S/C20H18FN7O/c21-18-7-15(6-16(8-18)20-25-27-28-26-20)14(9-19(22)29)5-12-2-1-3-13(4-12)17-10-23-24-11-17/h1-4,6-8,10-11,14H,5,9H2,(H2,22,29)(H,23,24)(H,25,26,27,28). The molecule has 4 rings (SSSR count). The highest BCUT2D eigenvalue weighted by Crippen LogP contribution is 2.30. The molecular weight excluding hydrogens is 373 g/mol. The third kappa shape index (κ3) is 4.34. The molecule has 0 fully saturated rings. The van der Waals surface area contributed by atoms with Crippen LogP contribution in [0.3, 0.4) is 0 Å². The van der Waals surface area contributed by atoms with Gasteiger partial charge in [-0.25, -0.2) is 4.39 Å². The van der Waals surface area contributed by atoms with Gasteiger partial charge in [-0.2, -0.15) is 10.3 Å². The van der Waals surface area contributed by atoms with E-state index >= 15 is 0 Å². The van der Waals surface area contributed by atoms with Crippen LogP contribution in [0.25, 0.3) is 22.5 Å². The average molecular weight is 391 g/mol. The van der Waals surface area contributed by atoms with Crippen LogP contribution in [0.5, 0.6) is 0 Å². The molecular formula is C20H18FN7O. The van der Waals surface area contributed by atoms with Crippen LogP contribution >= 0.6 is 0 Å². The zero-order valence-corrected chi connectivity index (χ0v) is 15.3. The predicted octanol–water partition coefficient (Wildman–Crippen LogP) is 2.60. The SMILES string of the molecule is NC(=O)CC(Cc1cccc(-c2cn[nH]c2)c1)c1cc(F)cc(-c2nn[nH]n2)c1. The molecule has 1 atom stereocenters. The number of hydrogen-bond donors (Lipinski definition) is 3. The van der Waals surface area contributed by atoms with Crippen LogP contribution in [0, 0.1) is 5.82 Å². The maximum Gasteiger partial charge on any atom is 0.218 e. The van der Waals surface area contributed by atoms with Gasteiger partial charge in [-0.1, -0.05) is 24.3 Å². The Kier molecular flexibility index (Phi) is 5.10. The smallest absolute Gasteiger partial charge is 0.218 e. The summed E-state index contributed by atoms with van der Waals surface area (Å²) in [4.78, 5) is 11.7. The van der Waals surface area contributed by atoms with Crippen LogP contribution in [0.1, 0.15) is 23.5 Å². The molecule has 8 nitrogen and oxygen atoms in total. The van der Waals surface area contributed by atoms with E-state index in [9.17, 15) is 9.18 Å². The van der Waals surface area contributed by atoms with Crippen molar-refractivity contribution < 1.29 is 9.18 Å². The van der Waals surface area contributed by atoms with Gasteiger partial charge in [0, 0.05) is 23.7 Å². The molecule has 0 radical (unpaired) electrons. The van der Waals surface area contributed by atoms with E-state index in [-0.39, 0.29) is 18.2 Å². The third-order valence-electron chi connectivity index (χ3n) is 4.68. The number of tetrazole rings is 1. The summed E-state index contributed by atoms with van der Waals surface area (Å²) in [5, 5.41) is 20.4. The molecule has 4 N–H and O–H groups in total. The van der Waals surface area contributed by atoms with Crippen molar-refractivity contribution in [1.29, 1.82) is 0 Å². The number of rotatable bonds is 7. The Morgan fingerprint density at radius 3 is 2.76 bits per heavy atom. The molecule has 1 unspecified atom stereocenters. The van der Waals surface area contributed by atoms with Crippen LogP contribution in [0.2, 0.25) is 0 Å². The fourth-order valence-corrected chi connectivity index (χ4v) is 3.38. The van der Waals surface area contributed by atoms with E-state index in [1.807, 2.05) is 30.5 Å². The Morgan fingerprint density at radius 1 is 1.14 bits per heavy atom. The summed E-state index contributed by atoms with van der Waals surface area (Å²) in [5.74, 6) is -0.908. The van der Waals surface area contributed by atoms with Gasteiger partial charge in [0.2, 0.25) is 11.7 Å². The maximum atomic E-state index is 14.3. The van der Waals surface area contributed by atoms with Gasteiger partial charge in [-0.05, 0) is 52.4 Å². The number of carbonyl (C=O) groups is 1. The molecule has 2 heterocycles. The minimum atomic E-state index is -0.452. The molecule has 146 valence electrons. The second-order valence-electron chi connectivity index (χ2n) is 6.77. The third-order valence-corrected chi connectivity index (χ3v) is 4.68. The number of amides is 1. The van der Waals surface area contributed by atoms with E-state index in [2.05, 4.69) is 30.8 Å². The number of carbonyl (C=O) groups excluding carboxylic acids is 1. The number of aromatic nitrogens is 6. The minimum Gasteiger partial charge on any atom is -0.370 e. The van der Waals surface area contributed by atoms with Crippen LogP contribution in [-0.4, -0.2) is 36.7 Å². The first-order valence-electron chi connectivity index (χ1n) is 8.99. The number of H-pyrrole nitrogens is 2. The Bertz CT molecular complexity index is 1110. The van der Waals surface area contributed by atoms with Crippen molar-refractivity contribution in [3.05, 3.63) is 71.8 Å². The number of nitrogens with two attached hydrogens (primary N) is 1. The van der Waals surface area contributed by atoms with E-state index in [4.69, 9.17) is 5.73 Å². The van der Waals surface area contributed by atoms with Crippen LogP contribution in [0.4, 0.5) is 4.39 Å². The highest BCUT2D eigenvalue weighted by atomic mass is 19.1. The molecule has 0 saturated heterocycles. The molecule has 9 heteroatoms. The van der Waals surface area contributed by atoms with Crippen LogP contribution in [-0.2, 0) is 11.2 Å². The molecule has 0 saturated carbocycles. The second kappa shape index (κ2) is 8.01. The lowest BCUT2D eigenvalue weighted by Crippen LogP contribution is -2.17. The van der Waals surface area contributed by atoms with Crippen molar-refractivity contribution in [3.8, 4) is 22.5 Å². The van der Waals surface area contributed by atoms with Crippen LogP contribution < -0.4 is 5.73 Å². The number of nitrogens with zero attached hydrogens (tertiary/aromatic N) is 4. The van der Waals surface area contributed by atoms with Gasteiger partial charge < -0.3 is 5.73 Å². The Balaban J connectivity index is 1.67. The summed E-state index contributed by atoms with van der Waals surface area (Å²) in [6, 6.07) is 12.4. The molecule has 1 amide bonds. The van der Waals surface area contributed by atoms with Gasteiger partial charge in [0.15, 0.2) is 0 Å². The van der Waals surface area contributed by atoms with Gasteiger partial charge in [0.05, 0.1) is 6.20 Å². The van der Waals surface area contributed by atoms with Crippen molar-refractivity contribution >= 4 is 5.91 Å². The monoisotopic (exact) mass is 391 g/mol. The van der Waals surface area contributed by atoms with Crippen molar-refractivity contribution in [2.24, 2.45) is 5.73 Å². The molecule has 2 aromatic heterocycles. The van der Waals surface area contributed by atoms with E-state index in [1.54, 1.807) is 12.3 Å². The highest BCUT2D eigenvalue weighted by Gasteiger charge is 2.19. The quantitative estimate of drug-likeness (QED) is 0.446. The van der Waals surface area contributed by atoms with Crippen molar-refractivity contribution in [2.45, 2.75) is 18.8 Å². The predicted molar refractivity (Wildman–Crippen MR) is 104 cm³/mol. The summed E-state index contributed by atoms with van der Waals surface area (Å²) in [5.41, 5.74) is 9.57. The molecule has 0 aliphatic heterocycles. The van der Waals surface area contributed by atoms with Crippen LogP contribution in [0.15, 0.2) is 54.9 Å². The second-order valence-corrected chi connectivity index (χ2v) is 6.77. The zero-order valence-electron chi connectivity index (χ0n) is 15.3. The summed E-state index contributed by atoms with van der Waals surface area (Å²) in [6.45, 7) is 0. The molecule has 0 aliphatic carbocycles. The normalized spacial score (nSPS) is 12.0. The number of hydrogen-bond acceptors (Lipinski definition) is 5. The molecule has 0 spiro atoms. The summed E-state index contributed by atoms with van der Waals surface area (Å²) in [7, 11) is 0. The van der Waals surface area contributed by atoms with Crippen molar-refractivity contribution in [3.63, 3.8) is 0 Å². The maximum absolute atomic E-state index is 14.3. The van der Waals surface area contributed by atoms with E-state index < -0.39 is 11.7 Å². The molecule has 0 bridgehead atoms. The van der Waals surface area contributed by atoms with Crippen molar-refractivity contribution in [2.75, 3.05) is 0 Å². The average Bonchev–Trinajstić information content (AvgIpc) is 3.41. The molecule has 2 aromatic carbocycles. The number of primary amides is 1. The largest absolute Gasteiger partial charge is 0.370 e. The van der Waals surface area contributed by atoms with Crippen molar-refractivity contribution in [1.82, 2.24) is 30.8 Å². The Hall–Kier alpha value is -3.88. The van der Waals surface area contributed by atoms with Gasteiger partial charge in [0.25, 0.3) is 0 Å². The first-order valence-corrected chi connectivity index (χ1v) is 8.99. The fourth-order valence-electron chi connectivity index (χ4n) is 3.38. The topological polar surface area (TPSA) is 126 Å². The molecule has 29 heavy (non-hydrogen) atoms. The lowest BCUT2D eigenvalue weighted by Gasteiger charge is -2.17. The molecule has 4 aromatic rings. The fraction of sp³-hybridized carbons (Fsp3) is 0.150. The lowest BCUT2D eigenvalue weighted by atomic mass is 9.87. The molecule has 0 aliphatic rings. The zero-order chi connectivity index (χ0) is 20.2. The first-order chi connectivity index (χ1) is 14.1. The van der Waals surface area contributed by atoms with Gasteiger partial charge >= 0.3 is 0 Å². The number of benzene rings is 2. The summed E-state index contributed by atoms with van der Waals surface area (Å²) >= 11 is 0. The van der Waals surface area contributed by atoms with Gasteiger partial charge in [0.1, 0.15) is 5.82 Å². The van der Waals surface area contributed by atoms with E-state index in [0.29, 0.717) is 17.5 Å². The highest BCUT2D eigenvalue weighted by molar-refractivity contribution is 5.75. The van der Waals surface area contributed by atoms with Gasteiger partial charge in [-0.15, -0.1) is 10.2 Å². The summed E-state index contributed by atoms with van der Waals surface area (Å²) < 4.78 is 14.3. The lowest BCUT2D eigenvalue weighted by molar-refractivity contribution is -0.118. The summed E-state index contributed by atoms with van der Waals surface area (Å²) in [6.07, 6.45) is 4.16. The Labute approximate surface area is 165 Å². The number of halogens is 1. The van der Waals surface area contributed by atoms with E-state index in [0.717, 1.165) is 16.7 Å². The Morgan fingerprint density at radius 2 is 2.03 bits per heavy atom. The number of aromatic amines is 2.